The second-order valence-corrected chi connectivity index (χ2v) is 4.49. The Hall–Kier alpha value is -1.00. The summed E-state index contributed by atoms with van der Waals surface area (Å²) in [6, 6.07) is 7.75. The van der Waals surface area contributed by atoms with Gasteiger partial charge in [-0.1, -0.05) is 23.7 Å². The van der Waals surface area contributed by atoms with Gasteiger partial charge in [0, 0.05) is 6.20 Å². The van der Waals surface area contributed by atoms with Crippen LogP contribution in [0.2, 0.25) is 5.02 Å². The lowest BCUT2D eigenvalue weighted by atomic mass is 10.3. The fourth-order valence-electron chi connectivity index (χ4n) is 1.27. The molecule has 1 aromatic heterocycles. The standard InChI is InChI=1S/C11H10BrClN2O/c12-10-3-1-2-4-11(10)16-6-5-15-8-9(13)7-14-15/h1-4,7-8H,5-6H2. The van der Waals surface area contributed by atoms with E-state index in [4.69, 9.17) is 16.3 Å². The van der Waals surface area contributed by atoms with Crippen LogP contribution in [0.5, 0.6) is 5.75 Å². The highest BCUT2D eigenvalue weighted by Gasteiger charge is 1.99. The predicted octanol–water partition coefficient (Wildman–Crippen LogP) is 3.38. The third-order valence-corrected chi connectivity index (χ3v) is 2.87. The van der Waals surface area contributed by atoms with Crippen molar-refractivity contribution in [3.8, 4) is 5.75 Å². The van der Waals surface area contributed by atoms with Gasteiger partial charge in [0.05, 0.1) is 22.2 Å². The Bertz CT molecular complexity index is 473. The number of ether oxygens (including phenoxy) is 1. The van der Waals surface area contributed by atoms with Crippen LogP contribution in [0, 0.1) is 0 Å². The van der Waals surface area contributed by atoms with Crippen LogP contribution < -0.4 is 4.74 Å². The molecule has 16 heavy (non-hydrogen) atoms. The summed E-state index contributed by atoms with van der Waals surface area (Å²) in [4.78, 5) is 0. The molecule has 0 saturated carbocycles. The minimum Gasteiger partial charge on any atom is -0.490 e. The molecule has 0 radical (unpaired) electrons. The van der Waals surface area contributed by atoms with Gasteiger partial charge in [-0.3, -0.25) is 4.68 Å². The van der Waals surface area contributed by atoms with E-state index >= 15 is 0 Å². The van der Waals surface area contributed by atoms with Crippen molar-refractivity contribution < 1.29 is 4.74 Å². The first-order valence-electron chi connectivity index (χ1n) is 4.81. The van der Waals surface area contributed by atoms with Crippen LogP contribution in [0.25, 0.3) is 0 Å². The summed E-state index contributed by atoms with van der Waals surface area (Å²) < 4.78 is 8.30. The van der Waals surface area contributed by atoms with E-state index in [1.165, 1.54) is 0 Å². The van der Waals surface area contributed by atoms with Gasteiger partial charge in [0.15, 0.2) is 0 Å². The van der Waals surface area contributed by atoms with Gasteiger partial charge < -0.3 is 4.74 Å². The van der Waals surface area contributed by atoms with Crippen molar-refractivity contribution in [1.82, 2.24) is 9.78 Å². The van der Waals surface area contributed by atoms with E-state index in [1.807, 2.05) is 24.3 Å². The summed E-state index contributed by atoms with van der Waals surface area (Å²) in [5.74, 6) is 0.834. The molecule has 0 aliphatic heterocycles. The molecule has 84 valence electrons. The van der Waals surface area contributed by atoms with Crippen LogP contribution in [0.15, 0.2) is 41.1 Å². The summed E-state index contributed by atoms with van der Waals surface area (Å²) in [7, 11) is 0. The molecular weight excluding hydrogens is 291 g/mol. The smallest absolute Gasteiger partial charge is 0.133 e. The zero-order valence-electron chi connectivity index (χ0n) is 8.44. The summed E-state index contributed by atoms with van der Waals surface area (Å²) in [6.07, 6.45) is 3.38. The van der Waals surface area contributed by atoms with Crippen LogP contribution >= 0.6 is 27.5 Å². The van der Waals surface area contributed by atoms with E-state index in [0.717, 1.165) is 10.2 Å². The van der Waals surface area contributed by atoms with Gasteiger partial charge in [0.2, 0.25) is 0 Å². The zero-order chi connectivity index (χ0) is 11.4. The van der Waals surface area contributed by atoms with Gasteiger partial charge in [-0.25, -0.2) is 0 Å². The Morgan fingerprint density at radius 2 is 2.19 bits per heavy atom. The molecular formula is C11H10BrClN2O. The molecule has 0 aliphatic carbocycles. The lowest BCUT2D eigenvalue weighted by molar-refractivity contribution is 0.289. The molecule has 0 fully saturated rings. The molecule has 0 unspecified atom stereocenters. The highest BCUT2D eigenvalue weighted by molar-refractivity contribution is 9.10. The lowest BCUT2D eigenvalue weighted by Gasteiger charge is -2.07. The summed E-state index contributed by atoms with van der Waals surface area (Å²) in [6.45, 7) is 1.23. The SMILES string of the molecule is Clc1cnn(CCOc2ccccc2Br)c1. The third kappa shape index (κ3) is 3.00. The van der Waals surface area contributed by atoms with Gasteiger partial charge in [0.25, 0.3) is 0 Å². The number of hydrogen-bond acceptors (Lipinski definition) is 2. The van der Waals surface area contributed by atoms with E-state index in [-0.39, 0.29) is 0 Å². The van der Waals surface area contributed by atoms with E-state index in [2.05, 4.69) is 21.0 Å². The minimum absolute atomic E-state index is 0.556. The van der Waals surface area contributed by atoms with Crippen LogP contribution in [0.4, 0.5) is 0 Å². The minimum atomic E-state index is 0.556. The molecule has 1 heterocycles. The molecule has 0 bridgehead atoms. The lowest BCUT2D eigenvalue weighted by Crippen LogP contribution is -2.08. The molecule has 0 spiro atoms. The number of benzene rings is 1. The van der Waals surface area contributed by atoms with Crippen molar-refractivity contribution in [1.29, 1.82) is 0 Å². The molecule has 2 rings (SSSR count). The first-order valence-corrected chi connectivity index (χ1v) is 5.98. The van der Waals surface area contributed by atoms with Crippen LogP contribution in [-0.4, -0.2) is 16.4 Å². The maximum absolute atomic E-state index is 5.75. The first-order chi connectivity index (χ1) is 7.75. The molecule has 5 heteroatoms. The highest BCUT2D eigenvalue weighted by Crippen LogP contribution is 2.23. The van der Waals surface area contributed by atoms with E-state index in [9.17, 15) is 0 Å². The number of nitrogens with zero attached hydrogens (tertiary/aromatic N) is 2. The number of aromatic nitrogens is 2. The van der Waals surface area contributed by atoms with E-state index in [1.54, 1.807) is 17.1 Å². The molecule has 1 aromatic carbocycles. The Kier molecular flexibility index (Phi) is 3.85. The largest absolute Gasteiger partial charge is 0.490 e. The normalized spacial score (nSPS) is 10.4. The molecule has 0 amide bonds. The fourth-order valence-corrected chi connectivity index (χ4v) is 1.83. The van der Waals surface area contributed by atoms with Crippen molar-refractivity contribution in [3.63, 3.8) is 0 Å². The Morgan fingerprint density at radius 1 is 1.38 bits per heavy atom. The van der Waals surface area contributed by atoms with Crippen LogP contribution in [-0.2, 0) is 6.54 Å². The zero-order valence-corrected chi connectivity index (χ0v) is 10.8. The van der Waals surface area contributed by atoms with Gasteiger partial charge >= 0.3 is 0 Å². The van der Waals surface area contributed by atoms with Crippen LogP contribution in [0.3, 0.4) is 0 Å². The van der Waals surface area contributed by atoms with Gasteiger partial charge in [-0.05, 0) is 28.1 Å². The monoisotopic (exact) mass is 300 g/mol. The number of para-hydroxylation sites is 1. The Balaban J connectivity index is 1.87. The second kappa shape index (κ2) is 5.37. The average molecular weight is 302 g/mol. The van der Waals surface area contributed by atoms with E-state index in [0.29, 0.717) is 18.2 Å². The molecule has 0 aliphatic rings. The predicted molar refractivity (Wildman–Crippen MR) is 66.9 cm³/mol. The summed E-state index contributed by atoms with van der Waals surface area (Å²) >= 11 is 9.17. The first kappa shape index (κ1) is 11.5. The molecule has 2 aromatic rings. The van der Waals surface area contributed by atoms with Gasteiger partial charge in [-0.2, -0.15) is 5.10 Å². The van der Waals surface area contributed by atoms with Crippen molar-refractivity contribution in [2.45, 2.75) is 6.54 Å². The van der Waals surface area contributed by atoms with Crippen molar-refractivity contribution in [2.75, 3.05) is 6.61 Å². The molecule has 3 nitrogen and oxygen atoms in total. The topological polar surface area (TPSA) is 27.1 Å². The number of hydrogen-bond donors (Lipinski definition) is 0. The highest BCUT2D eigenvalue weighted by atomic mass is 79.9. The van der Waals surface area contributed by atoms with Gasteiger partial charge in [-0.15, -0.1) is 0 Å². The summed E-state index contributed by atoms with van der Waals surface area (Å²) in [5.41, 5.74) is 0. The van der Waals surface area contributed by atoms with Crippen molar-refractivity contribution in [3.05, 3.63) is 46.2 Å². The number of halogens is 2. The van der Waals surface area contributed by atoms with E-state index < -0.39 is 0 Å². The van der Waals surface area contributed by atoms with Crippen molar-refractivity contribution in [2.24, 2.45) is 0 Å². The molecule has 0 atom stereocenters. The number of rotatable bonds is 4. The maximum Gasteiger partial charge on any atom is 0.133 e. The Labute approximate surface area is 107 Å². The maximum atomic E-state index is 5.75. The second-order valence-electron chi connectivity index (χ2n) is 3.20. The molecule has 0 N–H and O–H groups in total. The third-order valence-electron chi connectivity index (χ3n) is 2.02. The average Bonchev–Trinajstić information content (AvgIpc) is 2.67. The fraction of sp³-hybridized carbons (Fsp3) is 0.182. The quantitative estimate of drug-likeness (QED) is 0.865. The van der Waals surface area contributed by atoms with Crippen molar-refractivity contribution >= 4 is 27.5 Å². The van der Waals surface area contributed by atoms with Gasteiger partial charge in [0.1, 0.15) is 12.4 Å². The Morgan fingerprint density at radius 3 is 2.88 bits per heavy atom. The van der Waals surface area contributed by atoms with Crippen LogP contribution in [0.1, 0.15) is 0 Å². The summed E-state index contributed by atoms with van der Waals surface area (Å²) in [5, 5.41) is 4.70. The molecule has 0 saturated heterocycles.